The second kappa shape index (κ2) is 5.82. The molecule has 0 saturated heterocycles. The highest BCUT2D eigenvalue weighted by Gasteiger charge is 2.28. The maximum atomic E-state index is 10.7. The highest BCUT2D eigenvalue weighted by atomic mass is 32.1. The lowest BCUT2D eigenvalue weighted by molar-refractivity contribution is 0.00472. The number of hydrogen-bond donors (Lipinski definition) is 3. The predicted octanol–water partition coefficient (Wildman–Crippen LogP) is 2.23. The van der Waals surface area contributed by atoms with Gasteiger partial charge in [0.25, 0.3) is 0 Å². The van der Waals surface area contributed by atoms with Crippen molar-refractivity contribution in [1.82, 2.24) is 5.32 Å². The van der Waals surface area contributed by atoms with Crippen molar-refractivity contribution in [2.45, 2.75) is 44.2 Å². The third-order valence-electron chi connectivity index (χ3n) is 3.41. The Kier molecular flexibility index (Phi) is 4.37. The van der Waals surface area contributed by atoms with Crippen molar-refractivity contribution in [3.05, 3.63) is 21.9 Å². The highest BCUT2D eigenvalue weighted by molar-refractivity contribution is 7.13. The smallest absolute Gasteiger partial charge is 0.345 e. The first kappa shape index (κ1) is 13.5. The molecule has 0 spiro atoms. The molecule has 0 unspecified atom stereocenters. The standard InChI is InChI=1S/C13H19NO3S/c15-12(16)11-5-4-10(18-11)8-14-9-13(17)6-2-1-3-7-13/h4-5,14,17H,1-3,6-9H2,(H,15,16). The average molecular weight is 269 g/mol. The summed E-state index contributed by atoms with van der Waals surface area (Å²) >= 11 is 1.28. The largest absolute Gasteiger partial charge is 0.477 e. The van der Waals surface area contributed by atoms with Gasteiger partial charge in [0.2, 0.25) is 0 Å². The fourth-order valence-electron chi connectivity index (χ4n) is 2.39. The van der Waals surface area contributed by atoms with Gasteiger partial charge in [-0.2, -0.15) is 0 Å². The lowest BCUT2D eigenvalue weighted by Gasteiger charge is -2.32. The summed E-state index contributed by atoms with van der Waals surface area (Å²) in [5.41, 5.74) is -0.564. The van der Waals surface area contributed by atoms with Crippen LogP contribution in [0.5, 0.6) is 0 Å². The first-order valence-electron chi connectivity index (χ1n) is 6.34. The topological polar surface area (TPSA) is 69.6 Å². The molecule has 1 heterocycles. The quantitative estimate of drug-likeness (QED) is 0.766. The Bertz CT molecular complexity index is 410. The molecule has 2 rings (SSSR count). The van der Waals surface area contributed by atoms with Crippen molar-refractivity contribution < 1.29 is 15.0 Å². The summed E-state index contributed by atoms with van der Waals surface area (Å²) in [7, 11) is 0. The van der Waals surface area contributed by atoms with Crippen LogP contribution in [-0.4, -0.2) is 28.3 Å². The summed E-state index contributed by atoms with van der Waals surface area (Å²) in [6.07, 6.45) is 5.14. The third kappa shape index (κ3) is 3.54. The maximum absolute atomic E-state index is 10.7. The van der Waals surface area contributed by atoms with E-state index in [1.54, 1.807) is 6.07 Å². The fraction of sp³-hybridized carbons (Fsp3) is 0.615. The van der Waals surface area contributed by atoms with Gasteiger partial charge in [0.05, 0.1) is 5.60 Å². The van der Waals surface area contributed by atoms with Gasteiger partial charge in [-0.3, -0.25) is 0 Å². The van der Waals surface area contributed by atoms with E-state index in [-0.39, 0.29) is 0 Å². The summed E-state index contributed by atoms with van der Waals surface area (Å²) in [4.78, 5) is 12.1. The minimum Gasteiger partial charge on any atom is -0.477 e. The number of aromatic carboxylic acids is 1. The van der Waals surface area contributed by atoms with Crippen LogP contribution in [0.15, 0.2) is 12.1 Å². The lowest BCUT2D eigenvalue weighted by Crippen LogP contribution is -2.41. The number of thiophene rings is 1. The summed E-state index contributed by atoms with van der Waals surface area (Å²) in [5, 5.41) is 22.3. The molecule has 0 aliphatic heterocycles. The summed E-state index contributed by atoms with van der Waals surface area (Å²) in [5.74, 6) is -0.878. The summed E-state index contributed by atoms with van der Waals surface area (Å²) < 4.78 is 0. The van der Waals surface area contributed by atoms with Crippen LogP contribution in [0.1, 0.15) is 46.7 Å². The molecule has 4 nitrogen and oxygen atoms in total. The third-order valence-corrected chi connectivity index (χ3v) is 4.48. The first-order valence-corrected chi connectivity index (χ1v) is 7.16. The number of nitrogens with one attached hydrogen (secondary N) is 1. The summed E-state index contributed by atoms with van der Waals surface area (Å²) in [6, 6.07) is 3.45. The Labute approximate surface area is 111 Å². The van der Waals surface area contributed by atoms with Crippen molar-refractivity contribution >= 4 is 17.3 Å². The van der Waals surface area contributed by atoms with Crippen molar-refractivity contribution in [3.63, 3.8) is 0 Å². The number of aliphatic hydroxyl groups is 1. The second-order valence-corrected chi connectivity index (χ2v) is 6.13. The molecule has 1 aliphatic carbocycles. The molecule has 1 saturated carbocycles. The number of carboxylic acids is 1. The Morgan fingerprint density at radius 3 is 2.67 bits per heavy atom. The van der Waals surface area contributed by atoms with Gasteiger partial charge in [0, 0.05) is 18.0 Å². The van der Waals surface area contributed by atoms with Crippen LogP contribution >= 0.6 is 11.3 Å². The van der Waals surface area contributed by atoms with Gasteiger partial charge < -0.3 is 15.5 Å². The van der Waals surface area contributed by atoms with E-state index < -0.39 is 11.6 Å². The zero-order valence-corrected chi connectivity index (χ0v) is 11.1. The van der Waals surface area contributed by atoms with Crippen molar-refractivity contribution in [1.29, 1.82) is 0 Å². The second-order valence-electron chi connectivity index (χ2n) is 4.96. The van der Waals surface area contributed by atoms with E-state index in [1.165, 1.54) is 17.8 Å². The van der Waals surface area contributed by atoms with E-state index in [0.717, 1.165) is 30.6 Å². The molecule has 100 valence electrons. The van der Waals surface area contributed by atoms with Crippen LogP contribution in [0.2, 0.25) is 0 Å². The minimum atomic E-state index is -0.878. The van der Waals surface area contributed by atoms with E-state index in [0.29, 0.717) is 18.0 Å². The lowest BCUT2D eigenvalue weighted by atomic mass is 9.85. The van der Waals surface area contributed by atoms with Crippen molar-refractivity contribution in [2.75, 3.05) is 6.54 Å². The number of carbonyl (C=O) groups is 1. The van der Waals surface area contributed by atoms with Crippen molar-refractivity contribution in [2.24, 2.45) is 0 Å². The van der Waals surface area contributed by atoms with Crippen LogP contribution in [0, 0.1) is 0 Å². The molecule has 18 heavy (non-hydrogen) atoms. The molecule has 1 fully saturated rings. The van der Waals surface area contributed by atoms with Gasteiger partial charge in [-0.1, -0.05) is 19.3 Å². The average Bonchev–Trinajstić information content (AvgIpc) is 2.78. The fourth-order valence-corrected chi connectivity index (χ4v) is 3.21. The van der Waals surface area contributed by atoms with Gasteiger partial charge in [-0.15, -0.1) is 11.3 Å². The van der Waals surface area contributed by atoms with Crippen LogP contribution < -0.4 is 5.32 Å². The van der Waals surface area contributed by atoms with Crippen LogP contribution in [-0.2, 0) is 6.54 Å². The zero-order valence-electron chi connectivity index (χ0n) is 10.3. The van der Waals surface area contributed by atoms with E-state index in [4.69, 9.17) is 5.11 Å². The van der Waals surface area contributed by atoms with E-state index in [2.05, 4.69) is 5.32 Å². The van der Waals surface area contributed by atoms with E-state index in [9.17, 15) is 9.90 Å². The number of carboxylic acid groups (broad SMARTS) is 1. The molecule has 3 N–H and O–H groups in total. The number of rotatable bonds is 5. The molecule has 1 aliphatic rings. The monoisotopic (exact) mass is 269 g/mol. The molecule has 0 atom stereocenters. The SMILES string of the molecule is O=C(O)c1ccc(CNCC2(O)CCCCC2)s1. The molecule has 1 aromatic heterocycles. The zero-order chi connectivity index (χ0) is 13.0. The molecular formula is C13H19NO3S. The Hall–Kier alpha value is -0.910. The van der Waals surface area contributed by atoms with Gasteiger partial charge in [-0.25, -0.2) is 4.79 Å². The predicted molar refractivity (Wildman–Crippen MR) is 71.0 cm³/mol. The van der Waals surface area contributed by atoms with E-state index >= 15 is 0 Å². The normalized spacial score (nSPS) is 18.7. The highest BCUT2D eigenvalue weighted by Crippen LogP contribution is 2.27. The molecule has 1 aromatic rings. The van der Waals surface area contributed by atoms with Gasteiger partial charge in [0.1, 0.15) is 4.88 Å². The molecule has 0 radical (unpaired) electrons. The molecule has 0 aromatic carbocycles. The molecule has 0 amide bonds. The van der Waals surface area contributed by atoms with Crippen LogP contribution in [0.3, 0.4) is 0 Å². The maximum Gasteiger partial charge on any atom is 0.345 e. The van der Waals surface area contributed by atoms with E-state index in [1.807, 2.05) is 6.07 Å². The first-order chi connectivity index (χ1) is 8.59. The summed E-state index contributed by atoms with van der Waals surface area (Å²) in [6.45, 7) is 1.22. The van der Waals surface area contributed by atoms with Gasteiger partial charge in [0.15, 0.2) is 0 Å². The van der Waals surface area contributed by atoms with Crippen LogP contribution in [0.25, 0.3) is 0 Å². The molecule has 5 heteroatoms. The van der Waals surface area contributed by atoms with Crippen LogP contribution in [0.4, 0.5) is 0 Å². The molecule has 0 bridgehead atoms. The van der Waals surface area contributed by atoms with Gasteiger partial charge in [-0.05, 0) is 25.0 Å². The number of hydrogen-bond acceptors (Lipinski definition) is 4. The molecular weight excluding hydrogens is 250 g/mol. The Morgan fingerprint density at radius 1 is 1.33 bits per heavy atom. The minimum absolute atomic E-state index is 0.364. The van der Waals surface area contributed by atoms with Gasteiger partial charge >= 0.3 is 5.97 Å². The van der Waals surface area contributed by atoms with Crippen molar-refractivity contribution in [3.8, 4) is 0 Å². The Morgan fingerprint density at radius 2 is 2.06 bits per heavy atom. The Balaban J connectivity index is 1.78.